The van der Waals surface area contributed by atoms with Crippen LogP contribution < -0.4 is 19.1 Å². The number of hydrogen-bond acceptors (Lipinski definition) is 9. The number of aromatic nitrogens is 1. The number of ether oxygens (including phenoxy) is 3. The quantitative estimate of drug-likeness (QED) is 0.435. The molecule has 42 heavy (non-hydrogen) atoms. The van der Waals surface area contributed by atoms with Crippen LogP contribution in [0.5, 0.6) is 11.5 Å². The molecule has 2 aliphatic heterocycles. The molecule has 11 nitrogen and oxygen atoms in total. The van der Waals surface area contributed by atoms with Crippen molar-refractivity contribution in [3.8, 4) is 22.8 Å². The van der Waals surface area contributed by atoms with Crippen LogP contribution in [0.2, 0.25) is 0 Å². The molecule has 3 aromatic rings. The minimum absolute atomic E-state index is 0.00293. The van der Waals surface area contributed by atoms with E-state index in [9.17, 15) is 13.2 Å². The van der Waals surface area contributed by atoms with Gasteiger partial charge in [-0.05, 0) is 61.9 Å². The molecule has 0 bridgehead atoms. The molecule has 1 aromatic heterocycles. The summed E-state index contributed by atoms with van der Waals surface area (Å²) in [7, 11) is -1.53. The Bertz CT molecular complexity index is 1630. The van der Waals surface area contributed by atoms with E-state index in [1.54, 1.807) is 4.90 Å². The predicted molar refractivity (Wildman–Crippen MR) is 155 cm³/mol. The maximum atomic E-state index is 13.9. The molecule has 0 radical (unpaired) electrons. The maximum absolute atomic E-state index is 13.9. The van der Waals surface area contributed by atoms with E-state index in [-0.39, 0.29) is 39.1 Å². The summed E-state index contributed by atoms with van der Waals surface area (Å²) in [6, 6.07) is 9.40. The van der Waals surface area contributed by atoms with Gasteiger partial charge >= 0.3 is 0 Å². The van der Waals surface area contributed by atoms with Crippen LogP contribution in [0.15, 0.2) is 39.8 Å². The van der Waals surface area contributed by atoms with Gasteiger partial charge in [0.15, 0.2) is 16.5 Å². The van der Waals surface area contributed by atoms with Crippen molar-refractivity contribution in [3.05, 3.63) is 47.0 Å². The minimum atomic E-state index is -4.26. The summed E-state index contributed by atoms with van der Waals surface area (Å²) < 4.78 is 52.8. The second-order valence-corrected chi connectivity index (χ2v) is 13.1. The van der Waals surface area contributed by atoms with E-state index in [0.29, 0.717) is 38.5 Å². The Morgan fingerprint density at radius 2 is 1.76 bits per heavy atom. The smallest absolute Gasteiger partial charge is 0.270 e. The van der Waals surface area contributed by atoms with Gasteiger partial charge in [-0.15, -0.1) is 0 Å². The number of methoxy groups -OCH3 is 2. The van der Waals surface area contributed by atoms with E-state index < -0.39 is 10.0 Å². The number of anilines is 2. The standard InChI is InChI=1S/C30H34N4O7S/c1-38-24-15-19(29(35)34-11-4-13-40-14-12-34)16-25(39-2)27(24)42(36,37)32-28-22-18-30(7-8-30)23-6-5-20(33-9-3-10-33)17-21(23)26(22)41-31-28/h5-6,15-17H,3-4,7-14,18H2,1-2H3,(H,31,32). The van der Waals surface area contributed by atoms with Gasteiger partial charge in [0.05, 0.1) is 20.8 Å². The van der Waals surface area contributed by atoms with Gasteiger partial charge in [-0.25, -0.2) is 8.42 Å². The normalized spacial score (nSPS) is 18.9. The highest BCUT2D eigenvalue weighted by atomic mass is 32.2. The van der Waals surface area contributed by atoms with Crippen molar-refractivity contribution >= 4 is 27.4 Å². The van der Waals surface area contributed by atoms with Crippen molar-refractivity contribution in [1.82, 2.24) is 10.1 Å². The highest BCUT2D eigenvalue weighted by Gasteiger charge is 2.51. The van der Waals surface area contributed by atoms with Crippen molar-refractivity contribution in [2.75, 3.05) is 63.2 Å². The van der Waals surface area contributed by atoms with Crippen molar-refractivity contribution in [2.45, 2.75) is 42.4 Å². The average Bonchev–Trinajstić information content (AvgIpc) is 3.70. The lowest BCUT2D eigenvalue weighted by atomic mass is 9.79. The molecular formula is C30H34N4O7S. The summed E-state index contributed by atoms with van der Waals surface area (Å²) >= 11 is 0. The number of fused-ring (bicyclic) bond motifs is 4. The summed E-state index contributed by atoms with van der Waals surface area (Å²) in [4.78, 5) is 17.1. The fourth-order valence-electron chi connectivity index (χ4n) is 6.33. The number of amides is 1. The van der Waals surface area contributed by atoms with Gasteiger partial charge in [0.1, 0.15) is 11.5 Å². The summed E-state index contributed by atoms with van der Waals surface area (Å²) in [5.41, 5.74) is 4.35. The summed E-state index contributed by atoms with van der Waals surface area (Å²) in [6.45, 7) is 4.09. The van der Waals surface area contributed by atoms with Gasteiger partial charge in [-0.1, -0.05) is 11.2 Å². The molecule has 3 fully saturated rings. The molecule has 1 saturated carbocycles. The summed E-state index contributed by atoms with van der Waals surface area (Å²) in [5, 5.41) is 4.20. The van der Waals surface area contributed by atoms with Gasteiger partial charge in [0.25, 0.3) is 15.9 Å². The molecule has 12 heteroatoms. The predicted octanol–water partition coefficient (Wildman–Crippen LogP) is 3.82. The number of carbonyl (C=O) groups excluding carboxylic acids is 1. The van der Waals surface area contributed by atoms with Crippen LogP contribution in [-0.4, -0.2) is 78.0 Å². The van der Waals surface area contributed by atoms with Crippen molar-refractivity contribution < 1.29 is 31.9 Å². The molecule has 0 unspecified atom stereocenters. The van der Waals surface area contributed by atoms with Crippen LogP contribution in [0.3, 0.4) is 0 Å². The number of rotatable bonds is 7. The number of sulfonamides is 1. The molecule has 4 aliphatic rings. The van der Waals surface area contributed by atoms with Crippen LogP contribution >= 0.6 is 0 Å². The van der Waals surface area contributed by atoms with E-state index in [0.717, 1.165) is 49.2 Å². The van der Waals surface area contributed by atoms with Crippen LogP contribution in [0.25, 0.3) is 11.3 Å². The highest BCUT2D eigenvalue weighted by Crippen LogP contribution is 2.59. The molecule has 3 heterocycles. The first-order valence-corrected chi connectivity index (χ1v) is 15.9. The monoisotopic (exact) mass is 594 g/mol. The van der Waals surface area contributed by atoms with Gasteiger partial charge in [-0.3, -0.25) is 9.52 Å². The van der Waals surface area contributed by atoms with E-state index in [4.69, 9.17) is 18.7 Å². The highest BCUT2D eigenvalue weighted by molar-refractivity contribution is 7.93. The zero-order chi connectivity index (χ0) is 29.1. The van der Waals surface area contributed by atoms with Gasteiger partial charge < -0.3 is 28.5 Å². The molecule has 222 valence electrons. The number of benzene rings is 2. The number of carbonyl (C=O) groups is 1. The first-order chi connectivity index (χ1) is 20.3. The lowest BCUT2D eigenvalue weighted by Crippen LogP contribution is -2.37. The summed E-state index contributed by atoms with van der Waals surface area (Å²) in [6.07, 6.45) is 4.60. The Kier molecular flexibility index (Phi) is 6.58. The molecule has 0 atom stereocenters. The van der Waals surface area contributed by atoms with E-state index in [2.05, 4.69) is 33.0 Å². The SMILES string of the molecule is COc1cc(C(=O)N2CCCOCC2)cc(OC)c1S(=O)(=O)Nc1noc2c1CC1(CC1)c1ccc(N3CCC3)cc1-2. The third-order valence-corrected chi connectivity index (χ3v) is 10.3. The number of hydrogen-bond donors (Lipinski definition) is 1. The fourth-order valence-corrected chi connectivity index (χ4v) is 7.66. The first-order valence-electron chi connectivity index (χ1n) is 14.4. The Balaban J connectivity index is 1.23. The summed E-state index contributed by atoms with van der Waals surface area (Å²) in [5.74, 6) is 0.508. The molecule has 1 N–H and O–H groups in total. The minimum Gasteiger partial charge on any atom is -0.495 e. The molecular weight excluding hydrogens is 560 g/mol. The molecule has 7 rings (SSSR count). The lowest BCUT2D eigenvalue weighted by Gasteiger charge is -2.34. The van der Waals surface area contributed by atoms with Gasteiger partial charge in [0.2, 0.25) is 0 Å². The second kappa shape index (κ2) is 10.2. The molecule has 1 amide bonds. The maximum Gasteiger partial charge on any atom is 0.270 e. The zero-order valence-corrected chi connectivity index (χ0v) is 24.6. The second-order valence-electron chi connectivity index (χ2n) is 11.4. The fraction of sp³-hybridized carbons (Fsp3) is 0.467. The van der Waals surface area contributed by atoms with Crippen molar-refractivity contribution in [1.29, 1.82) is 0 Å². The van der Waals surface area contributed by atoms with Crippen molar-refractivity contribution in [2.24, 2.45) is 0 Å². The lowest BCUT2D eigenvalue weighted by molar-refractivity contribution is 0.0740. The molecule has 1 spiro atoms. The Labute approximate surface area is 244 Å². The number of nitrogens with one attached hydrogen (secondary N) is 1. The van der Waals surface area contributed by atoms with Crippen molar-refractivity contribution in [3.63, 3.8) is 0 Å². The topological polar surface area (TPSA) is 123 Å². The van der Waals surface area contributed by atoms with Gasteiger partial charge in [-0.2, -0.15) is 0 Å². The third-order valence-electron chi connectivity index (χ3n) is 8.91. The van der Waals surface area contributed by atoms with E-state index in [1.807, 2.05) is 0 Å². The van der Waals surface area contributed by atoms with E-state index in [1.165, 1.54) is 38.3 Å². The molecule has 2 aromatic carbocycles. The van der Waals surface area contributed by atoms with Crippen LogP contribution in [0, 0.1) is 0 Å². The van der Waals surface area contributed by atoms with Crippen LogP contribution in [0.1, 0.15) is 47.2 Å². The van der Waals surface area contributed by atoms with E-state index >= 15 is 0 Å². The number of nitrogens with zero attached hydrogens (tertiary/aromatic N) is 3. The Morgan fingerprint density at radius 1 is 1.00 bits per heavy atom. The average molecular weight is 595 g/mol. The molecule has 2 saturated heterocycles. The zero-order valence-electron chi connectivity index (χ0n) is 23.8. The van der Waals surface area contributed by atoms with Gasteiger partial charge in [0, 0.05) is 60.6 Å². The Morgan fingerprint density at radius 3 is 2.43 bits per heavy atom. The molecule has 2 aliphatic carbocycles. The Hall–Kier alpha value is -3.77. The van der Waals surface area contributed by atoms with Crippen LogP contribution in [-0.2, 0) is 26.6 Å². The first kappa shape index (κ1) is 27.1. The third kappa shape index (κ3) is 4.48. The largest absolute Gasteiger partial charge is 0.495 e. The van der Waals surface area contributed by atoms with Crippen LogP contribution in [0.4, 0.5) is 11.5 Å².